The first-order valence-electron chi connectivity index (χ1n) is 17.5. The second-order valence-electron chi connectivity index (χ2n) is 16.6. The third-order valence-corrected chi connectivity index (χ3v) is 13.5. The molecular formula is C43H38N5+. The first kappa shape index (κ1) is 26.0. The van der Waals surface area contributed by atoms with Crippen molar-refractivity contribution < 1.29 is 4.57 Å². The predicted molar refractivity (Wildman–Crippen MR) is 192 cm³/mol. The molecule has 1 aromatic heterocycles. The first-order valence-corrected chi connectivity index (χ1v) is 17.5. The highest BCUT2D eigenvalue weighted by molar-refractivity contribution is 6.04. The van der Waals surface area contributed by atoms with Crippen LogP contribution in [0.15, 0.2) is 97.5 Å². The summed E-state index contributed by atoms with van der Waals surface area (Å²) in [4.78, 5) is 10.4. The van der Waals surface area contributed by atoms with Gasteiger partial charge in [-0.3, -0.25) is 0 Å². The van der Waals surface area contributed by atoms with Crippen molar-refractivity contribution in [1.82, 2.24) is 4.90 Å². The van der Waals surface area contributed by atoms with E-state index in [2.05, 4.69) is 170 Å². The fraction of sp³-hybridized carbons (Fsp3) is 0.279. The third kappa shape index (κ3) is 2.29. The maximum Gasteiger partial charge on any atom is 0.292 e. The van der Waals surface area contributed by atoms with Crippen molar-refractivity contribution in [3.63, 3.8) is 0 Å². The molecule has 48 heavy (non-hydrogen) atoms. The molecule has 0 N–H and O–H groups in total. The number of hydrogen-bond donors (Lipinski definition) is 0. The zero-order chi connectivity index (χ0) is 32.4. The topological polar surface area (TPSA) is 16.8 Å². The van der Waals surface area contributed by atoms with Gasteiger partial charge in [0.15, 0.2) is 6.17 Å². The molecule has 5 aromatic rings. The van der Waals surface area contributed by atoms with Crippen molar-refractivity contribution >= 4 is 39.9 Å². The number of fused-ring (bicyclic) bond motifs is 5. The smallest absolute Gasteiger partial charge is 0.292 e. The zero-order valence-corrected chi connectivity index (χ0v) is 28.6. The summed E-state index contributed by atoms with van der Waals surface area (Å²) in [6, 6.07) is 30.6. The molecule has 0 fully saturated rings. The monoisotopic (exact) mass is 624 g/mol. The Bertz CT molecular complexity index is 2450. The van der Waals surface area contributed by atoms with Gasteiger partial charge in [-0.1, -0.05) is 84.0 Å². The number of benzene rings is 4. The lowest BCUT2D eigenvalue weighted by molar-refractivity contribution is -0.737. The highest BCUT2D eigenvalue weighted by Crippen LogP contribution is 2.72. The van der Waals surface area contributed by atoms with Crippen molar-refractivity contribution in [2.75, 3.05) is 21.7 Å². The van der Waals surface area contributed by atoms with E-state index in [4.69, 9.17) is 0 Å². The Hall–Kier alpha value is -5.03. The van der Waals surface area contributed by atoms with Crippen LogP contribution in [0.25, 0.3) is 0 Å². The number of para-hydroxylation sites is 2. The minimum atomic E-state index is -0.490. The highest BCUT2D eigenvalue weighted by Gasteiger charge is 2.71. The van der Waals surface area contributed by atoms with E-state index in [9.17, 15) is 0 Å². The van der Waals surface area contributed by atoms with Crippen molar-refractivity contribution in [2.45, 2.75) is 69.5 Å². The number of rotatable bonds is 0. The molecule has 7 aliphatic rings. The molecule has 1 spiro atoms. The standard InChI is InChI=1S/C43H38N5/c1-40(2)24-13-8-9-17-30(24)47-32-19-11-18-31-33(32)43(39-44(7)21-22-45(31)39)34-36(47)28(40)23-29-37(34)48-35-25(14-10-15-26(35)42(29,5)6)41(3,4)27-16-12-20-46(43)38(27)48/h8-23,39H,1-7H3/q+1. The summed E-state index contributed by atoms with van der Waals surface area (Å²) in [7, 11) is 2.28. The molecule has 8 heterocycles. The summed E-state index contributed by atoms with van der Waals surface area (Å²) in [5, 5.41) is 0. The van der Waals surface area contributed by atoms with Crippen molar-refractivity contribution in [3.8, 4) is 0 Å². The molecular weight excluding hydrogens is 587 g/mol. The molecule has 4 aromatic carbocycles. The molecule has 0 aliphatic carbocycles. The normalized spacial score (nSPS) is 24.7. The van der Waals surface area contributed by atoms with Gasteiger partial charge in [0.1, 0.15) is 11.4 Å². The van der Waals surface area contributed by atoms with Gasteiger partial charge in [-0.2, -0.15) is 4.90 Å². The largest absolute Gasteiger partial charge is 0.354 e. The van der Waals surface area contributed by atoms with Gasteiger partial charge in [-0.05, 0) is 47.5 Å². The predicted octanol–water partition coefficient (Wildman–Crippen LogP) is 8.81. The summed E-state index contributed by atoms with van der Waals surface area (Å²) in [6.45, 7) is 14.7. The molecule has 2 unspecified atom stereocenters. The number of nitrogens with zero attached hydrogens (tertiary/aromatic N) is 5. The molecule has 0 saturated heterocycles. The van der Waals surface area contributed by atoms with Gasteiger partial charge in [0.2, 0.25) is 5.54 Å². The van der Waals surface area contributed by atoms with Gasteiger partial charge in [0, 0.05) is 52.4 Å². The second-order valence-corrected chi connectivity index (χ2v) is 16.6. The maximum absolute atomic E-state index is 2.72. The fourth-order valence-electron chi connectivity index (χ4n) is 11.4. The number of anilines is 7. The van der Waals surface area contributed by atoms with E-state index in [0.717, 1.165) is 0 Å². The van der Waals surface area contributed by atoms with E-state index in [0.29, 0.717) is 0 Å². The molecule has 5 nitrogen and oxygen atoms in total. The fourth-order valence-corrected chi connectivity index (χ4v) is 11.4. The van der Waals surface area contributed by atoms with Gasteiger partial charge < -0.3 is 14.7 Å². The van der Waals surface area contributed by atoms with Crippen LogP contribution in [0, 0.1) is 0 Å². The Balaban J connectivity index is 1.39. The van der Waals surface area contributed by atoms with Gasteiger partial charge in [0.25, 0.3) is 5.82 Å². The van der Waals surface area contributed by atoms with E-state index in [1.807, 2.05) is 0 Å². The summed E-state index contributed by atoms with van der Waals surface area (Å²) in [5.41, 5.74) is 18.3. The lowest BCUT2D eigenvalue weighted by Gasteiger charge is -2.56. The van der Waals surface area contributed by atoms with E-state index in [1.165, 1.54) is 84.4 Å². The van der Waals surface area contributed by atoms with Gasteiger partial charge in [0.05, 0.1) is 45.6 Å². The van der Waals surface area contributed by atoms with E-state index < -0.39 is 5.54 Å². The first-order chi connectivity index (χ1) is 23.0. The molecule has 0 saturated carbocycles. The lowest BCUT2D eigenvalue weighted by Crippen LogP contribution is -2.72. The van der Waals surface area contributed by atoms with Crippen LogP contribution in [0.4, 0.5) is 39.9 Å². The Morgan fingerprint density at radius 1 is 0.542 bits per heavy atom. The van der Waals surface area contributed by atoms with Crippen LogP contribution in [0.3, 0.4) is 0 Å². The molecule has 12 rings (SSSR count). The molecule has 0 bridgehead atoms. The summed E-state index contributed by atoms with van der Waals surface area (Å²) >= 11 is 0. The van der Waals surface area contributed by atoms with Crippen LogP contribution in [-0.2, 0) is 21.8 Å². The van der Waals surface area contributed by atoms with Crippen LogP contribution in [-0.4, -0.2) is 18.1 Å². The Kier molecular flexibility index (Phi) is 3.97. The van der Waals surface area contributed by atoms with Crippen LogP contribution >= 0.6 is 0 Å². The quantitative estimate of drug-likeness (QED) is 0.160. The van der Waals surface area contributed by atoms with E-state index in [-0.39, 0.29) is 22.4 Å². The number of hydrogen-bond acceptors (Lipinski definition) is 4. The molecule has 2 atom stereocenters. The molecule has 234 valence electrons. The van der Waals surface area contributed by atoms with Crippen LogP contribution in [0.2, 0.25) is 0 Å². The van der Waals surface area contributed by atoms with Crippen LogP contribution in [0.5, 0.6) is 0 Å². The van der Waals surface area contributed by atoms with Crippen molar-refractivity contribution in [1.29, 1.82) is 0 Å². The van der Waals surface area contributed by atoms with Crippen molar-refractivity contribution in [3.05, 3.63) is 142 Å². The lowest BCUT2D eigenvalue weighted by atomic mass is 9.60. The zero-order valence-electron chi connectivity index (χ0n) is 28.6. The van der Waals surface area contributed by atoms with E-state index in [1.54, 1.807) is 0 Å². The van der Waals surface area contributed by atoms with E-state index >= 15 is 0 Å². The number of pyridine rings is 1. The molecule has 0 amide bonds. The summed E-state index contributed by atoms with van der Waals surface area (Å²) in [6.07, 6.45) is 7.05. The average molecular weight is 625 g/mol. The SMILES string of the molecule is CN1C=CN2c3cccc4c3C3(c5c6c(cc7c5N5c8c(cccc8C(C)(C)c8ccc[n+]3c85)C7(C)C)C(C)(C)c3ccccc3N46)C12. The average Bonchev–Trinajstić information content (AvgIpc) is 3.60. The van der Waals surface area contributed by atoms with Gasteiger partial charge >= 0.3 is 0 Å². The van der Waals surface area contributed by atoms with Gasteiger partial charge in [-0.15, -0.1) is 0 Å². The number of likely N-dealkylation sites (N-methyl/N-ethyl adjacent to an activating group) is 1. The van der Waals surface area contributed by atoms with Crippen LogP contribution < -0.4 is 19.3 Å². The molecule has 7 aliphatic heterocycles. The third-order valence-electron chi connectivity index (χ3n) is 13.5. The maximum atomic E-state index is 2.72. The Labute approximate surface area is 282 Å². The second kappa shape index (κ2) is 7.34. The van der Waals surface area contributed by atoms with Gasteiger partial charge in [-0.25, -0.2) is 4.57 Å². The Morgan fingerprint density at radius 3 is 1.94 bits per heavy atom. The minimum Gasteiger partial charge on any atom is -0.354 e. The van der Waals surface area contributed by atoms with Crippen molar-refractivity contribution in [2.24, 2.45) is 0 Å². The highest BCUT2D eigenvalue weighted by atomic mass is 15.5. The molecule has 0 radical (unpaired) electrons. The summed E-state index contributed by atoms with van der Waals surface area (Å²) < 4.78 is 2.72. The van der Waals surface area contributed by atoms with Crippen LogP contribution in [0.1, 0.15) is 86.1 Å². The molecule has 5 heteroatoms. The minimum absolute atomic E-state index is 0.0510. The summed E-state index contributed by atoms with van der Waals surface area (Å²) in [5.74, 6) is 1.32. The Morgan fingerprint density at radius 2 is 1.15 bits per heavy atom. The number of aromatic nitrogens is 1.